The SMILES string of the molecule is C1=CB2OC(COc3ccccc3)CN2C=C1. The van der Waals surface area contributed by atoms with Gasteiger partial charge in [-0.15, -0.1) is 0 Å². The van der Waals surface area contributed by atoms with Crippen molar-refractivity contribution in [3.8, 4) is 5.75 Å². The van der Waals surface area contributed by atoms with Crippen molar-refractivity contribution in [2.24, 2.45) is 0 Å². The number of fused-ring (bicyclic) bond motifs is 1. The molecule has 0 N–H and O–H groups in total. The molecule has 1 aromatic carbocycles. The van der Waals surface area contributed by atoms with Crippen LogP contribution in [-0.4, -0.2) is 31.1 Å². The molecule has 2 aliphatic heterocycles. The largest absolute Gasteiger partial charge is 0.491 e. The first-order valence-electron chi connectivity index (χ1n) is 5.86. The number of ether oxygens (including phenoxy) is 1. The summed E-state index contributed by atoms with van der Waals surface area (Å²) in [6.45, 7) is 1.48. The first-order valence-corrected chi connectivity index (χ1v) is 5.86. The third kappa shape index (κ3) is 2.37. The number of hydrogen-bond acceptors (Lipinski definition) is 3. The van der Waals surface area contributed by atoms with Gasteiger partial charge in [0.2, 0.25) is 0 Å². The van der Waals surface area contributed by atoms with Crippen LogP contribution >= 0.6 is 0 Å². The van der Waals surface area contributed by atoms with Crippen LogP contribution in [0.3, 0.4) is 0 Å². The lowest BCUT2D eigenvalue weighted by molar-refractivity contribution is 0.154. The second-order valence-electron chi connectivity index (χ2n) is 4.20. The van der Waals surface area contributed by atoms with Gasteiger partial charge in [-0.2, -0.15) is 0 Å². The molecule has 0 aliphatic carbocycles. The fraction of sp³-hybridized carbons (Fsp3) is 0.231. The molecule has 1 atom stereocenters. The highest BCUT2D eigenvalue weighted by atomic mass is 16.5. The highest BCUT2D eigenvalue weighted by Gasteiger charge is 2.34. The molecule has 0 spiro atoms. The topological polar surface area (TPSA) is 21.7 Å². The maximum absolute atomic E-state index is 5.85. The summed E-state index contributed by atoms with van der Waals surface area (Å²) in [6.07, 6.45) is 6.24. The van der Waals surface area contributed by atoms with E-state index in [1.165, 1.54) is 0 Å². The number of rotatable bonds is 3. The maximum Gasteiger partial charge on any atom is 0.444 e. The molecule has 17 heavy (non-hydrogen) atoms. The molecule has 3 rings (SSSR count). The van der Waals surface area contributed by atoms with Gasteiger partial charge in [0.25, 0.3) is 0 Å². The molecule has 0 bridgehead atoms. The Morgan fingerprint density at radius 1 is 1.29 bits per heavy atom. The number of nitrogens with zero attached hydrogens (tertiary/aromatic N) is 1. The van der Waals surface area contributed by atoms with Crippen LogP contribution in [0.4, 0.5) is 0 Å². The fourth-order valence-corrected chi connectivity index (χ4v) is 2.08. The highest BCUT2D eigenvalue weighted by molar-refractivity contribution is 6.56. The fourth-order valence-electron chi connectivity index (χ4n) is 2.08. The number of benzene rings is 1. The summed E-state index contributed by atoms with van der Waals surface area (Å²) in [5.74, 6) is 2.95. The van der Waals surface area contributed by atoms with Gasteiger partial charge in [-0.3, -0.25) is 0 Å². The first-order chi connectivity index (χ1) is 8.42. The number of hydrogen-bond donors (Lipinski definition) is 0. The average molecular weight is 227 g/mol. The predicted molar refractivity (Wildman–Crippen MR) is 67.6 cm³/mol. The van der Waals surface area contributed by atoms with Gasteiger partial charge < -0.3 is 14.2 Å². The molecule has 4 heteroatoms. The lowest BCUT2D eigenvalue weighted by Gasteiger charge is -2.15. The molecule has 0 radical (unpaired) electrons. The summed E-state index contributed by atoms with van der Waals surface area (Å²) >= 11 is 0. The summed E-state index contributed by atoms with van der Waals surface area (Å²) in [5, 5.41) is 0. The lowest BCUT2D eigenvalue weighted by Crippen LogP contribution is -2.29. The standard InChI is InChI=1S/C13H14BNO2/c1-2-6-12(7-3-1)16-11-13-10-15-9-5-4-8-14(15)17-13/h1-9,13H,10-11H2. The van der Waals surface area contributed by atoms with E-state index in [-0.39, 0.29) is 13.2 Å². The molecule has 3 nitrogen and oxygen atoms in total. The van der Waals surface area contributed by atoms with E-state index in [1.807, 2.05) is 42.5 Å². The van der Waals surface area contributed by atoms with Crippen LogP contribution in [0.15, 0.2) is 54.7 Å². The molecule has 2 aliphatic rings. The van der Waals surface area contributed by atoms with Crippen LogP contribution in [0, 0.1) is 0 Å². The van der Waals surface area contributed by atoms with Crippen molar-refractivity contribution in [2.75, 3.05) is 13.2 Å². The summed E-state index contributed by atoms with van der Waals surface area (Å²) in [5.41, 5.74) is 0. The number of para-hydroxylation sites is 1. The molecule has 0 aromatic heterocycles. The Hall–Kier alpha value is -1.68. The minimum atomic E-state index is 0.0874. The van der Waals surface area contributed by atoms with Crippen LogP contribution in [0.5, 0.6) is 5.75 Å². The van der Waals surface area contributed by atoms with Crippen molar-refractivity contribution >= 4 is 7.05 Å². The predicted octanol–water partition coefficient (Wildman–Crippen LogP) is 1.88. The van der Waals surface area contributed by atoms with E-state index in [1.54, 1.807) is 0 Å². The monoisotopic (exact) mass is 227 g/mol. The Morgan fingerprint density at radius 2 is 2.18 bits per heavy atom. The quantitative estimate of drug-likeness (QED) is 0.736. The van der Waals surface area contributed by atoms with Crippen LogP contribution in [0.25, 0.3) is 0 Å². The minimum absolute atomic E-state index is 0.0874. The Labute approximate surface area is 101 Å². The molecular formula is C13H14BNO2. The maximum atomic E-state index is 5.85. The van der Waals surface area contributed by atoms with Crippen molar-refractivity contribution in [2.45, 2.75) is 6.10 Å². The van der Waals surface area contributed by atoms with Crippen LogP contribution in [0.1, 0.15) is 0 Å². The molecular weight excluding hydrogens is 213 g/mol. The van der Waals surface area contributed by atoms with Crippen molar-refractivity contribution in [3.63, 3.8) is 0 Å². The molecule has 1 fully saturated rings. The van der Waals surface area contributed by atoms with Crippen molar-refractivity contribution in [1.82, 2.24) is 4.81 Å². The Kier molecular flexibility index (Phi) is 2.88. The van der Waals surface area contributed by atoms with Crippen LogP contribution in [0.2, 0.25) is 0 Å². The van der Waals surface area contributed by atoms with Crippen LogP contribution < -0.4 is 4.74 Å². The molecule has 86 valence electrons. The van der Waals surface area contributed by atoms with Crippen LogP contribution in [-0.2, 0) is 4.65 Å². The second kappa shape index (κ2) is 4.68. The number of allylic oxidation sites excluding steroid dienone is 2. The zero-order valence-electron chi connectivity index (χ0n) is 9.53. The molecule has 1 saturated heterocycles. The van der Waals surface area contributed by atoms with Crippen molar-refractivity contribution in [1.29, 1.82) is 0 Å². The molecule has 1 unspecified atom stereocenters. The summed E-state index contributed by atoms with van der Waals surface area (Å²) in [7, 11) is 0.0874. The minimum Gasteiger partial charge on any atom is -0.491 e. The molecule has 0 saturated carbocycles. The van der Waals surface area contributed by atoms with E-state index in [0.29, 0.717) is 6.61 Å². The van der Waals surface area contributed by atoms with Gasteiger partial charge in [0.15, 0.2) is 0 Å². The Balaban J connectivity index is 1.54. The van der Waals surface area contributed by atoms with Gasteiger partial charge in [-0.1, -0.05) is 30.3 Å². The Morgan fingerprint density at radius 3 is 3.00 bits per heavy atom. The third-order valence-electron chi connectivity index (χ3n) is 2.92. The van der Waals surface area contributed by atoms with E-state index >= 15 is 0 Å². The Bertz CT molecular complexity index is 412. The normalized spacial score (nSPS) is 21.8. The van der Waals surface area contributed by atoms with Gasteiger partial charge in [0.05, 0.1) is 6.10 Å². The van der Waals surface area contributed by atoms with Gasteiger partial charge in [-0.25, -0.2) is 0 Å². The smallest absolute Gasteiger partial charge is 0.444 e. The van der Waals surface area contributed by atoms with Gasteiger partial charge in [0, 0.05) is 6.54 Å². The van der Waals surface area contributed by atoms with E-state index in [2.05, 4.69) is 17.0 Å². The van der Waals surface area contributed by atoms with E-state index in [9.17, 15) is 0 Å². The zero-order chi connectivity index (χ0) is 11.5. The summed E-state index contributed by atoms with van der Waals surface area (Å²) in [6, 6.07) is 9.85. The molecule has 2 heterocycles. The van der Waals surface area contributed by atoms with E-state index in [4.69, 9.17) is 9.39 Å². The zero-order valence-corrected chi connectivity index (χ0v) is 9.53. The lowest BCUT2D eigenvalue weighted by atomic mass is 9.80. The summed E-state index contributed by atoms with van der Waals surface area (Å²) in [4.78, 5) is 2.18. The van der Waals surface area contributed by atoms with Gasteiger partial charge >= 0.3 is 7.05 Å². The first kappa shape index (κ1) is 10.5. The third-order valence-corrected chi connectivity index (χ3v) is 2.92. The molecule has 0 amide bonds. The highest BCUT2D eigenvalue weighted by Crippen LogP contribution is 2.18. The van der Waals surface area contributed by atoms with Gasteiger partial charge in [-0.05, 0) is 24.4 Å². The second-order valence-corrected chi connectivity index (χ2v) is 4.20. The van der Waals surface area contributed by atoms with E-state index < -0.39 is 0 Å². The average Bonchev–Trinajstić information content (AvgIpc) is 2.80. The van der Waals surface area contributed by atoms with Gasteiger partial charge in [0.1, 0.15) is 12.4 Å². The molecule has 1 aromatic rings. The van der Waals surface area contributed by atoms with Crippen molar-refractivity contribution in [3.05, 3.63) is 54.7 Å². The summed E-state index contributed by atoms with van der Waals surface area (Å²) < 4.78 is 11.5. The van der Waals surface area contributed by atoms with E-state index in [0.717, 1.165) is 12.3 Å². The van der Waals surface area contributed by atoms with Crippen molar-refractivity contribution < 1.29 is 9.39 Å².